The van der Waals surface area contributed by atoms with Gasteiger partial charge in [-0.25, -0.2) is 0 Å². The Hall–Kier alpha value is -1.65. The van der Waals surface area contributed by atoms with E-state index in [1.807, 2.05) is 30.3 Å². The molecule has 0 radical (unpaired) electrons. The quantitative estimate of drug-likeness (QED) is 0.550. The maximum atomic E-state index is 12.6. The molecule has 0 aromatic heterocycles. The molecule has 2 aromatic carbocycles. The van der Waals surface area contributed by atoms with E-state index in [9.17, 15) is 4.79 Å². The number of thioether (sulfide) groups is 1. The first-order valence-electron chi connectivity index (χ1n) is 11.0. The van der Waals surface area contributed by atoms with Crippen molar-refractivity contribution in [3.63, 3.8) is 0 Å². The van der Waals surface area contributed by atoms with Crippen molar-refractivity contribution in [2.24, 2.45) is 11.8 Å². The second-order valence-electron chi connectivity index (χ2n) is 8.52. The van der Waals surface area contributed by atoms with Crippen LogP contribution in [0.2, 0.25) is 5.02 Å². The van der Waals surface area contributed by atoms with Gasteiger partial charge in [-0.1, -0.05) is 41.9 Å². The van der Waals surface area contributed by atoms with Crippen molar-refractivity contribution in [2.75, 3.05) is 37.3 Å². The van der Waals surface area contributed by atoms with Crippen LogP contribution in [0.3, 0.4) is 0 Å². The molecule has 2 aromatic rings. The Labute approximate surface area is 189 Å². The zero-order valence-corrected chi connectivity index (χ0v) is 19.3. The van der Waals surface area contributed by atoms with Gasteiger partial charge in [-0.05, 0) is 67.5 Å². The van der Waals surface area contributed by atoms with E-state index < -0.39 is 0 Å². The number of amides is 1. The average molecular weight is 443 g/mol. The summed E-state index contributed by atoms with van der Waals surface area (Å²) in [7, 11) is 0. The summed E-state index contributed by atoms with van der Waals surface area (Å²) in [6, 6.07) is 16.5. The molecule has 0 saturated carbocycles. The Kier molecular flexibility index (Phi) is 7.27. The van der Waals surface area contributed by atoms with Crippen molar-refractivity contribution in [3.05, 3.63) is 59.1 Å². The van der Waals surface area contributed by atoms with Gasteiger partial charge in [0.1, 0.15) is 0 Å². The number of nitrogens with zero attached hydrogens (tertiary/aromatic N) is 2. The summed E-state index contributed by atoms with van der Waals surface area (Å²) in [5.41, 5.74) is 2.36. The Balaban J connectivity index is 1.24. The normalized spacial score (nSPS) is 18.6. The smallest absolute Gasteiger partial charge is 0.226 e. The predicted octanol–water partition coefficient (Wildman–Crippen LogP) is 5.76. The Bertz CT molecular complexity index is 843. The van der Waals surface area contributed by atoms with Crippen LogP contribution in [0.5, 0.6) is 0 Å². The van der Waals surface area contributed by atoms with Crippen molar-refractivity contribution < 1.29 is 4.79 Å². The first-order valence-corrected chi connectivity index (χ1v) is 12.6. The summed E-state index contributed by atoms with van der Waals surface area (Å²) >= 11 is 8.10. The van der Waals surface area contributed by atoms with Crippen LogP contribution in [-0.4, -0.2) is 43.2 Å². The van der Waals surface area contributed by atoms with Gasteiger partial charge in [0, 0.05) is 36.8 Å². The predicted molar refractivity (Wildman–Crippen MR) is 128 cm³/mol. The number of halogens is 1. The molecular weight excluding hydrogens is 412 g/mol. The molecule has 0 aliphatic carbocycles. The summed E-state index contributed by atoms with van der Waals surface area (Å²) in [6.07, 6.45) is 7.38. The van der Waals surface area contributed by atoms with E-state index in [0.717, 1.165) is 66.3 Å². The van der Waals surface area contributed by atoms with Crippen molar-refractivity contribution >= 4 is 35.0 Å². The number of likely N-dealkylation sites (tertiary alicyclic amines) is 1. The van der Waals surface area contributed by atoms with Gasteiger partial charge in [-0.15, -0.1) is 11.8 Å². The number of hydrogen-bond donors (Lipinski definition) is 0. The van der Waals surface area contributed by atoms with E-state index in [-0.39, 0.29) is 5.91 Å². The molecule has 5 heteroatoms. The molecule has 3 nitrogen and oxygen atoms in total. The highest BCUT2D eigenvalue weighted by Gasteiger charge is 2.31. The molecular formula is C25H31ClN2OS. The molecule has 2 heterocycles. The first kappa shape index (κ1) is 21.6. The maximum absolute atomic E-state index is 12.6. The lowest BCUT2D eigenvalue weighted by Crippen LogP contribution is -2.43. The molecule has 1 amide bonds. The third-order valence-electron chi connectivity index (χ3n) is 6.80. The number of piperidine rings is 2. The number of anilines is 1. The van der Waals surface area contributed by atoms with Crippen LogP contribution in [0.1, 0.15) is 31.2 Å². The minimum Gasteiger partial charge on any atom is -0.371 e. The Morgan fingerprint density at radius 2 is 1.60 bits per heavy atom. The van der Waals surface area contributed by atoms with E-state index in [0.29, 0.717) is 6.42 Å². The molecule has 0 N–H and O–H groups in total. The Morgan fingerprint density at radius 3 is 2.20 bits per heavy atom. The molecule has 160 valence electrons. The minimum atomic E-state index is 0.278. The second kappa shape index (κ2) is 10.1. The van der Waals surface area contributed by atoms with Crippen molar-refractivity contribution in [1.29, 1.82) is 0 Å². The van der Waals surface area contributed by atoms with Crippen LogP contribution in [0.4, 0.5) is 5.69 Å². The maximum Gasteiger partial charge on any atom is 0.226 e. The molecule has 4 rings (SSSR count). The van der Waals surface area contributed by atoms with Crippen molar-refractivity contribution in [1.82, 2.24) is 4.90 Å². The van der Waals surface area contributed by atoms with Crippen LogP contribution < -0.4 is 4.90 Å². The molecule has 2 saturated heterocycles. The molecule has 2 aliphatic rings. The summed E-state index contributed by atoms with van der Waals surface area (Å²) in [5, 5.41) is 0.856. The number of rotatable bonds is 5. The minimum absolute atomic E-state index is 0.278. The monoisotopic (exact) mass is 442 g/mol. The number of benzene rings is 2. The van der Waals surface area contributed by atoms with Gasteiger partial charge in [0.2, 0.25) is 5.91 Å². The van der Waals surface area contributed by atoms with Crippen LogP contribution in [0, 0.1) is 11.8 Å². The van der Waals surface area contributed by atoms with E-state index >= 15 is 0 Å². The molecule has 0 bridgehead atoms. The highest BCUT2D eigenvalue weighted by atomic mass is 35.5. The van der Waals surface area contributed by atoms with E-state index in [2.05, 4.69) is 34.3 Å². The molecule has 0 atom stereocenters. The lowest BCUT2D eigenvalue weighted by atomic mass is 9.78. The summed E-state index contributed by atoms with van der Waals surface area (Å²) in [6.45, 7) is 4.05. The molecule has 0 unspecified atom stereocenters. The topological polar surface area (TPSA) is 23.6 Å². The fourth-order valence-corrected chi connectivity index (χ4v) is 5.85. The second-order valence-corrected chi connectivity index (χ2v) is 9.78. The SMILES string of the molecule is CSc1ccc(N2CCC(C3CCN(C(=O)Cc4ccccc4)CC3)CC2)cc1Cl. The van der Waals surface area contributed by atoms with Gasteiger partial charge in [-0.2, -0.15) is 0 Å². The first-order chi connectivity index (χ1) is 14.6. The fraction of sp³-hybridized carbons (Fsp3) is 0.480. The standard InChI is InChI=1S/C25H31ClN2OS/c1-30-24-8-7-22(18-23(24)26)27-13-9-20(10-14-27)21-11-15-28(16-12-21)25(29)17-19-5-3-2-4-6-19/h2-8,18,20-21H,9-17H2,1H3. The van der Waals surface area contributed by atoms with Gasteiger partial charge in [0.25, 0.3) is 0 Å². The number of carbonyl (C=O) groups is 1. The molecule has 2 aliphatic heterocycles. The fourth-order valence-electron chi connectivity index (χ4n) is 4.98. The molecule has 0 spiro atoms. The van der Waals surface area contributed by atoms with E-state index in [1.165, 1.54) is 18.5 Å². The van der Waals surface area contributed by atoms with Crippen LogP contribution in [-0.2, 0) is 11.2 Å². The van der Waals surface area contributed by atoms with Gasteiger partial charge < -0.3 is 9.80 Å². The van der Waals surface area contributed by atoms with Gasteiger partial charge in [-0.3, -0.25) is 4.79 Å². The van der Waals surface area contributed by atoms with Crippen LogP contribution in [0.15, 0.2) is 53.4 Å². The highest BCUT2D eigenvalue weighted by Crippen LogP contribution is 2.35. The van der Waals surface area contributed by atoms with Gasteiger partial charge in [0.05, 0.1) is 11.4 Å². The lowest BCUT2D eigenvalue weighted by molar-refractivity contribution is -0.132. The van der Waals surface area contributed by atoms with Gasteiger partial charge >= 0.3 is 0 Å². The van der Waals surface area contributed by atoms with E-state index in [1.54, 1.807) is 11.8 Å². The van der Waals surface area contributed by atoms with Gasteiger partial charge in [0.15, 0.2) is 0 Å². The zero-order chi connectivity index (χ0) is 20.9. The Morgan fingerprint density at radius 1 is 0.967 bits per heavy atom. The van der Waals surface area contributed by atoms with E-state index in [4.69, 9.17) is 11.6 Å². The summed E-state index contributed by atoms with van der Waals surface area (Å²) in [4.78, 5) is 18.3. The zero-order valence-electron chi connectivity index (χ0n) is 17.7. The van der Waals surface area contributed by atoms with Crippen LogP contribution >= 0.6 is 23.4 Å². The lowest BCUT2D eigenvalue weighted by Gasteiger charge is -2.41. The number of hydrogen-bond acceptors (Lipinski definition) is 3. The molecule has 2 fully saturated rings. The molecule has 30 heavy (non-hydrogen) atoms. The van der Waals surface area contributed by atoms with Crippen molar-refractivity contribution in [2.45, 2.75) is 37.0 Å². The number of carbonyl (C=O) groups excluding carboxylic acids is 1. The van der Waals surface area contributed by atoms with Crippen LogP contribution in [0.25, 0.3) is 0 Å². The summed E-state index contributed by atoms with van der Waals surface area (Å²) in [5.74, 6) is 1.82. The summed E-state index contributed by atoms with van der Waals surface area (Å²) < 4.78 is 0. The highest BCUT2D eigenvalue weighted by molar-refractivity contribution is 7.98. The third kappa shape index (κ3) is 5.15. The largest absolute Gasteiger partial charge is 0.371 e. The van der Waals surface area contributed by atoms with Crippen molar-refractivity contribution in [3.8, 4) is 0 Å². The third-order valence-corrected chi connectivity index (χ3v) is 8.02. The average Bonchev–Trinajstić information content (AvgIpc) is 2.80.